The monoisotopic (exact) mass is 287 g/mol. The van der Waals surface area contributed by atoms with Gasteiger partial charge in [-0.25, -0.2) is 0 Å². The number of aryl methyl sites for hydroxylation is 1. The zero-order valence-corrected chi connectivity index (χ0v) is 13.7. The van der Waals surface area contributed by atoms with Gasteiger partial charge in [0, 0.05) is 5.39 Å². The van der Waals surface area contributed by atoms with Crippen molar-refractivity contribution in [3.63, 3.8) is 0 Å². The molecule has 0 aliphatic heterocycles. The van der Waals surface area contributed by atoms with Crippen LogP contribution in [0.4, 0.5) is 0 Å². The molecule has 1 N–H and O–H groups in total. The third-order valence-electron chi connectivity index (χ3n) is 4.02. The lowest BCUT2D eigenvalue weighted by molar-refractivity contribution is 0.397. The van der Waals surface area contributed by atoms with E-state index in [1.807, 2.05) is 0 Å². The Kier molecular flexibility index (Phi) is 6.31. The van der Waals surface area contributed by atoms with Gasteiger partial charge in [-0.1, -0.05) is 51.2 Å². The van der Waals surface area contributed by atoms with Crippen molar-refractivity contribution < 1.29 is 4.42 Å². The van der Waals surface area contributed by atoms with Crippen LogP contribution >= 0.6 is 0 Å². The van der Waals surface area contributed by atoms with Crippen LogP contribution in [0, 0.1) is 6.92 Å². The smallest absolute Gasteiger partial charge is 0.134 e. The molecule has 21 heavy (non-hydrogen) atoms. The molecule has 1 aromatic carbocycles. The van der Waals surface area contributed by atoms with E-state index in [4.69, 9.17) is 4.42 Å². The molecule has 1 heterocycles. The van der Waals surface area contributed by atoms with Crippen molar-refractivity contribution in [2.75, 3.05) is 6.54 Å². The van der Waals surface area contributed by atoms with Gasteiger partial charge in [-0.05, 0) is 44.5 Å². The summed E-state index contributed by atoms with van der Waals surface area (Å²) in [6.07, 6.45) is 7.53. The molecular formula is C19H29NO. The van der Waals surface area contributed by atoms with E-state index in [1.54, 1.807) is 0 Å². The summed E-state index contributed by atoms with van der Waals surface area (Å²) in [5.41, 5.74) is 2.29. The summed E-state index contributed by atoms with van der Waals surface area (Å²) < 4.78 is 6.08. The number of furan rings is 1. The van der Waals surface area contributed by atoms with Crippen LogP contribution in [0.5, 0.6) is 0 Å². The third-order valence-corrected chi connectivity index (χ3v) is 4.02. The molecule has 1 unspecified atom stereocenters. The third kappa shape index (κ3) is 4.60. The standard InChI is InChI=1S/C19H29NO/c1-4-6-7-8-9-17(20-12-5-2)19-14-16-13-15(3)10-11-18(16)21-19/h10-11,13-14,17,20H,4-9,12H2,1-3H3. The Hall–Kier alpha value is -1.28. The highest BCUT2D eigenvalue weighted by Crippen LogP contribution is 2.28. The molecule has 1 aromatic heterocycles. The first-order chi connectivity index (χ1) is 10.2. The molecule has 0 saturated heterocycles. The fourth-order valence-electron chi connectivity index (χ4n) is 2.79. The average Bonchev–Trinajstić information content (AvgIpc) is 2.89. The number of rotatable bonds is 9. The molecule has 2 rings (SSSR count). The second-order valence-corrected chi connectivity index (χ2v) is 6.05. The summed E-state index contributed by atoms with van der Waals surface area (Å²) in [5.74, 6) is 1.10. The highest BCUT2D eigenvalue weighted by atomic mass is 16.3. The van der Waals surface area contributed by atoms with Gasteiger partial charge in [0.05, 0.1) is 6.04 Å². The summed E-state index contributed by atoms with van der Waals surface area (Å²) in [7, 11) is 0. The fraction of sp³-hybridized carbons (Fsp3) is 0.579. The summed E-state index contributed by atoms with van der Waals surface area (Å²) >= 11 is 0. The molecule has 0 aliphatic carbocycles. The fourth-order valence-corrected chi connectivity index (χ4v) is 2.79. The predicted octanol–water partition coefficient (Wildman–Crippen LogP) is 5.75. The first kappa shape index (κ1) is 16.1. The van der Waals surface area contributed by atoms with Gasteiger partial charge in [-0.2, -0.15) is 0 Å². The van der Waals surface area contributed by atoms with Gasteiger partial charge >= 0.3 is 0 Å². The number of fused-ring (bicyclic) bond motifs is 1. The Balaban J connectivity index is 2.09. The van der Waals surface area contributed by atoms with Gasteiger partial charge in [-0.3, -0.25) is 0 Å². The lowest BCUT2D eigenvalue weighted by Gasteiger charge is -2.16. The number of unbranched alkanes of at least 4 members (excludes halogenated alkanes) is 3. The summed E-state index contributed by atoms with van der Waals surface area (Å²) in [6.45, 7) is 7.65. The summed E-state index contributed by atoms with van der Waals surface area (Å²) in [6, 6.07) is 8.98. The van der Waals surface area contributed by atoms with Crippen LogP contribution in [0.1, 0.15) is 69.7 Å². The second kappa shape index (κ2) is 8.23. The van der Waals surface area contributed by atoms with E-state index in [0.29, 0.717) is 6.04 Å². The molecule has 0 radical (unpaired) electrons. The Labute approximate surface area is 128 Å². The highest BCUT2D eigenvalue weighted by Gasteiger charge is 2.15. The van der Waals surface area contributed by atoms with Crippen LogP contribution < -0.4 is 5.32 Å². The predicted molar refractivity (Wildman–Crippen MR) is 90.7 cm³/mol. The van der Waals surface area contributed by atoms with Crippen LogP contribution in [-0.2, 0) is 0 Å². The van der Waals surface area contributed by atoms with Crippen LogP contribution in [0.2, 0.25) is 0 Å². The summed E-state index contributed by atoms with van der Waals surface area (Å²) in [4.78, 5) is 0. The van der Waals surface area contributed by atoms with E-state index in [-0.39, 0.29) is 0 Å². The van der Waals surface area contributed by atoms with Crippen LogP contribution in [0.3, 0.4) is 0 Å². The average molecular weight is 287 g/mol. The number of benzene rings is 1. The SMILES string of the molecule is CCCCCCC(NCCC)c1cc2cc(C)ccc2o1. The van der Waals surface area contributed by atoms with E-state index in [2.05, 4.69) is 50.4 Å². The maximum absolute atomic E-state index is 6.08. The van der Waals surface area contributed by atoms with Gasteiger partial charge in [0.15, 0.2) is 0 Å². The molecule has 0 spiro atoms. The molecule has 0 saturated carbocycles. The van der Waals surface area contributed by atoms with E-state index in [1.165, 1.54) is 43.1 Å². The van der Waals surface area contributed by atoms with Crippen LogP contribution in [-0.4, -0.2) is 6.54 Å². The Morgan fingerprint density at radius 1 is 1.05 bits per heavy atom. The zero-order chi connectivity index (χ0) is 15.1. The lowest BCUT2D eigenvalue weighted by atomic mass is 10.0. The highest BCUT2D eigenvalue weighted by molar-refractivity contribution is 5.78. The molecule has 0 amide bonds. The van der Waals surface area contributed by atoms with Gasteiger partial charge in [0.2, 0.25) is 0 Å². The van der Waals surface area contributed by atoms with Crippen LogP contribution in [0.15, 0.2) is 28.7 Å². The van der Waals surface area contributed by atoms with Gasteiger partial charge < -0.3 is 9.73 Å². The molecule has 0 fully saturated rings. The number of hydrogen-bond donors (Lipinski definition) is 1. The van der Waals surface area contributed by atoms with Crippen molar-refractivity contribution in [2.24, 2.45) is 0 Å². The van der Waals surface area contributed by atoms with E-state index < -0.39 is 0 Å². The molecule has 2 nitrogen and oxygen atoms in total. The van der Waals surface area contributed by atoms with Crippen molar-refractivity contribution in [1.82, 2.24) is 5.32 Å². The topological polar surface area (TPSA) is 25.2 Å². The van der Waals surface area contributed by atoms with Crippen molar-refractivity contribution >= 4 is 11.0 Å². The molecule has 0 aliphatic rings. The molecule has 1 atom stereocenters. The first-order valence-corrected chi connectivity index (χ1v) is 8.48. The second-order valence-electron chi connectivity index (χ2n) is 6.05. The summed E-state index contributed by atoms with van der Waals surface area (Å²) in [5, 5.41) is 4.87. The molecule has 2 heteroatoms. The van der Waals surface area contributed by atoms with Crippen molar-refractivity contribution in [2.45, 2.75) is 65.3 Å². The maximum Gasteiger partial charge on any atom is 0.134 e. The first-order valence-electron chi connectivity index (χ1n) is 8.48. The quantitative estimate of drug-likeness (QED) is 0.594. The van der Waals surface area contributed by atoms with E-state index in [0.717, 1.165) is 24.3 Å². The number of hydrogen-bond acceptors (Lipinski definition) is 2. The van der Waals surface area contributed by atoms with Gasteiger partial charge in [0.1, 0.15) is 11.3 Å². The Morgan fingerprint density at radius 3 is 2.67 bits per heavy atom. The van der Waals surface area contributed by atoms with Gasteiger partial charge in [-0.15, -0.1) is 0 Å². The Bertz CT molecular complexity index is 543. The molecule has 0 bridgehead atoms. The van der Waals surface area contributed by atoms with Gasteiger partial charge in [0.25, 0.3) is 0 Å². The normalized spacial score (nSPS) is 12.9. The molecule has 116 valence electrons. The molecule has 2 aromatic rings. The van der Waals surface area contributed by atoms with Crippen LogP contribution in [0.25, 0.3) is 11.0 Å². The van der Waals surface area contributed by atoms with E-state index in [9.17, 15) is 0 Å². The minimum atomic E-state index is 0.356. The zero-order valence-electron chi connectivity index (χ0n) is 13.7. The lowest BCUT2D eigenvalue weighted by Crippen LogP contribution is -2.21. The van der Waals surface area contributed by atoms with Crippen molar-refractivity contribution in [1.29, 1.82) is 0 Å². The minimum Gasteiger partial charge on any atom is -0.459 e. The maximum atomic E-state index is 6.08. The van der Waals surface area contributed by atoms with Crippen molar-refractivity contribution in [3.8, 4) is 0 Å². The number of nitrogens with one attached hydrogen (secondary N) is 1. The van der Waals surface area contributed by atoms with E-state index >= 15 is 0 Å². The largest absolute Gasteiger partial charge is 0.459 e. The van der Waals surface area contributed by atoms with Crippen molar-refractivity contribution in [3.05, 3.63) is 35.6 Å². The molecular weight excluding hydrogens is 258 g/mol. The Morgan fingerprint density at radius 2 is 1.90 bits per heavy atom. The minimum absolute atomic E-state index is 0.356.